The number of hydrogen-bond donors (Lipinski definition) is 2. The highest BCUT2D eigenvalue weighted by molar-refractivity contribution is 5.87. The van der Waals surface area contributed by atoms with E-state index in [1.807, 2.05) is 31.2 Å². The van der Waals surface area contributed by atoms with Gasteiger partial charge in [0.2, 0.25) is 11.8 Å². The lowest BCUT2D eigenvalue weighted by Crippen LogP contribution is -2.41. The van der Waals surface area contributed by atoms with Crippen molar-refractivity contribution in [2.24, 2.45) is 0 Å². The Morgan fingerprint density at radius 3 is 2.52 bits per heavy atom. The van der Waals surface area contributed by atoms with Crippen LogP contribution in [0, 0.1) is 0 Å². The van der Waals surface area contributed by atoms with E-state index in [1.54, 1.807) is 11.9 Å². The first kappa shape index (κ1) is 17.4. The zero-order valence-corrected chi connectivity index (χ0v) is 14.8. The summed E-state index contributed by atoms with van der Waals surface area (Å²) in [7, 11) is 1.79. The number of nitrogens with one attached hydrogen (secondary N) is 2. The Bertz CT molecular complexity index is 765. The van der Waals surface area contributed by atoms with Crippen LogP contribution in [0.5, 0.6) is 0 Å². The molecule has 0 aliphatic heterocycles. The monoisotopic (exact) mass is 339 g/mol. The molecule has 25 heavy (non-hydrogen) atoms. The van der Waals surface area contributed by atoms with Crippen molar-refractivity contribution in [2.75, 3.05) is 20.1 Å². The molecule has 2 amide bonds. The van der Waals surface area contributed by atoms with Crippen LogP contribution in [0.4, 0.5) is 0 Å². The maximum atomic E-state index is 12.3. The van der Waals surface area contributed by atoms with Crippen LogP contribution < -0.4 is 10.6 Å². The van der Waals surface area contributed by atoms with Crippen LogP contribution in [0.15, 0.2) is 42.5 Å². The van der Waals surface area contributed by atoms with Crippen LogP contribution in [0.3, 0.4) is 0 Å². The Balaban J connectivity index is 1.55. The predicted octanol–water partition coefficient (Wildman–Crippen LogP) is 2.23. The second kappa shape index (κ2) is 7.66. The molecule has 1 fully saturated rings. The topological polar surface area (TPSA) is 61.4 Å². The summed E-state index contributed by atoms with van der Waals surface area (Å²) in [5.41, 5.74) is 1.10. The molecule has 0 unspecified atom stereocenters. The number of benzene rings is 2. The fourth-order valence-corrected chi connectivity index (χ4v) is 3.04. The summed E-state index contributed by atoms with van der Waals surface area (Å²) in [6.07, 6.45) is 2.14. The minimum atomic E-state index is -0.0905. The first-order chi connectivity index (χ1) is 12.0. The average molecular weight is 339 g/mol. The zero-order valence-electron chi connectivity index (χ0n) is 14.8. The largest absolute Gasteiger partial charge is 0.352 e. The minimum Gasteiger partial charge on any atom is -0.352 e. The summed E-state index contributed by atoms with van der Waals surface area (Å²) in [5.74, 6) is -0.0953. The fraction of sp³-hybridized carbons (Fsp3) is 0.400. The van der Waals surface area contributed by atoms with Gasteiger partial charge in [-0.2, -0.15) is 0 Å². The number of carbonyl (C=O) groups is 2. The van der Waals surface area contributed by atoms with Crippen molar-refractivity contribution >= 4 is 22.6 Å². The molecule has 0 spiro atoms. The number of fused-ring (bicyclic) bond motifs is 1. The molecule has 2 aromatic rings. The lowest BCUT2D eigenvalue weighted by Gasteiger charge is -2.20. The van der Waals surface area contributed by atoms with Gasteiger partial charge in [0.15, 0.2) is 0 Å². The summed E-state index contributed by atoms with van der Waals surface area (Å²) < 4.78 is 0. The van der Waals surface area contributed by atoms with Gasteiger partial charge < -0.3 is 10.6 Å². The fourth-order valence-electron chi connectivity index (χ4n) is 3.04. The Morgan fingerprint density at radius 1 is 1.08 bits per heavy atom. The molecular formula is C20H25N3O2. The van der Waals surface area contributed by atoms with Crippen molar-refractivity contribution in [1.29, 1.82) is 0 Å². The molecule has 132 valence electrons. The summed E-state index contributed by atoms with van der Waals surface area (Å²) in [6.45, 7) is 2.43. The van der Waals surface area contributed by atoms with E-state index >= 15 is 0 Å². The molecule has 0 radical (unpaired) electrons. The molecule has 5 heteroatoms. The van der Waals surface area contributed by atoms with Gasteiger partial charge in [-0.25, -0.2) is 0 Å². The molecule has 0 saturated heterocycles. The predicted molar refractivity (Wildman–Crippen MR) is 99.2 cm³/mol. The Morgan fingerprint density at radius 2 is 1.76 bits per heavy atom. The quantitative estimate of drug-likeness (QED) is 0.813. The minimum absolute atomic E-state index is 0.0140. The third-order valence-electron chi connectivity index (χ3n) is 4.44. The summed E-state index contributed by atoms with van der Waals surface area (Å²) in [4.78, 5) is 25.8. The highest BCUT2D eigenvalue weighted by Crippen LogP contribution is 2.24. The van der Waals surface area contributed by atoms with Gasteiger partial charge in [0, 0.05) is 6.04 Å². The van der Waals surface area contributed by atoms with Crippen LogP contribution in [0.2, 0.25) is 0 Å². The van der Waals surface area contributed by atoms with Crippen molar-refractivity contribution in [2.45, 2.75) is 31.8 Å². The SMILES string of the molecule is C[C@@H](NC(=O)CN(C)CC(=O)NC1CC1)c1cccc2ccccc12. The van der Waals surface area contributed by atoms with E-state index in [0.717, 1.165) is 29.2 Å². The van der Waals surface area contributed by atoms with E-state index in [-0.39, 0.29) is 30.9 Å². The standard InChI is InChI=1S/C20H25N3O2/c1-14(17-9-5-7-15-6-3-4-8-18(15)17)21-19(24)12-23(2)13-20(25)22-16-10-11-16/h3-9,14,16H,10-13H2,1-2H3,(H,21,24)(H,22,25)/t14-/m1/s1. The van der Waals surface area contributed by atoms with Crippen LogP contribution in [0.1, 0.15) is 31.4 Å². The molecule has 3 rings (SSSR count). The maximum absolute atomic E-state index is 12.3. The zero-order chi connectivity index (χ0) is 17.8. The van der Waals surface area contributed by atoms with Gasteiger partial charge in [0.25, 0.3) is 0 Å². The third-order valence-corrected chi connectivity index (χ3v) is 4.44. The Kier molecular flexibility index (Phi) is 5.34. The van der Waals surface area contributed by atoms with Gasteiger partial charge >= 0.3 is 0 Å². The molecule has 5 nitrogen and oxygen atoms in total. The molecule has 0 heterocycles. The number of hydrogen-bond acceptors (Lipinski definition) is 3. The molecule has 1 aliphatic carbocycles. The van der Waals surface area contributed by atoms with Gasteiger partial charge in [-0.05, 0) is 43.1 Å². The van der Waals surface area contributed by atoms with E-state index in [4.69, 9.17) is 0 Å². The summed E-state index contributed by atoms with van der Waals surface area (Å²) in [5, 5.41) is 8.28. The summed E-state index contributed by atoms with van der Waals surface area (Å²) >= 11 is 0. The molecule has 2 N–H and O–H groups in total. The Labute approximate surface area is 148 Å². The Hall–Kier alpha value is -2.40. The van der Waals surface area contributed by atoms with Crippen molar-refractivity contribution in [3.05, 3.63) is 48.0 Å². The lowest BCUT2D eigenvalue weighted by atomic mass is 10.00. The van der Waals surface area contributed by atoms with E-state index in [0.29, 0.717) is 6.04 Å². The molecule has 1 saturated carbocycles. The number of likely N-dealkylation sites (N-methyl/N-ethyl adjacent to an activating group) is 1. The summed E-state index contributed by atoms with van der Waals surface area (Å²) in [6, 6.07) is 14.5. The first-order valence-electron chi connectivity index (χ1n) is 8.78. The van der Waals surface area contributed by atoms with Crippen LogP contribution in [-0.4, -0.2) is 42.9 Å². The molecule has 0 bridgehead atoms. The van der Waals surface area contributed by atoms with Crippen LogP contribution in [0.25, 0.3) is 10.8 Å². The van der Waals surface area contributed by atoms with Crippen LogP contribution in [-0.2, 0) is 9.59 Å². The van der Waals surface area contributed by atoms with Gasteiger partial charge in [0.05, 0.1) is 19.1 Å². The maximum Gasteiger partial charge on any atom is 0.234 e. The van der Waals surface area contributed by atoms with Gasteiger partial charge in [0.1, 0.15) is 0 Å². The van der Waals surface area contributed by atoms with Gasteiger partial charge in [-0.1, -0.05) is 42.5 Å². The number of carbonyl (C=O) groups excluding carboxylic acids is 2. The van der Waals surface area contributed by atoms with E-state index < -0.39 is 0 Å². The van der Waals surface area contributed by atoms with Crippen LogP contribution >= 0.6 is 0 Å². The third kappa shape index (κ3) is 4.79. The van der Waals surface area contributed by atoms with E-state index in [2.05, 4.69) is 28.8 Å². The van der Waals surface area contributed by atoms with Gasteiger partial charge in [-0.3, -0.25) is 14.5 Å². The number of amides is 2. The average Bonchev–Trinajstić information content (AvgIpc) is 3.37. The number of rotatable bonds is 7. The van der Waals surface area contributed by atoms with E-state index in [1.165, 1.54) is 0 Å². The smallest absolute Gasteiger partial charge is 0.234 e. The van der Waals surface area contributed by atoms with Crippen molar-refractivity contribution in [3.8, 4) is 0 Å². The first-order valence-corrected chi connectivity index (χ1v) is 8.78. The highest BCUT2D eigenvalue weighted by Gasteiger charge is 2.24. The number of nitrogens with zero attached hydrogens (tertiary/aromatic N) is 1. The molecule has 1 atom stereocenters. The van der Waals surface area contributed by atoms with Gasteiger partial charge in [-0.15, -0.1) is 0 Å². The molecule has 0 aromatic heterocycles. The molecular weight excluding hydrogens is 314 g/mol. The van der Waals surface area contributed by atoms with Crippen molar-refractivity contribution < 1.29 is 9.59 Å². The molecule has 1 aliphatic rings. The second-order valence-electron chi connectivity index (χ2n) is 6.87. The second-order valence-corrected chi connectivity index (χ2v) is 6.87. The normalized spacial score (nSPS) is 15.2. The lowest BCUT2D eigenvalue weighted by molar-refractivity contribution is -0.125. The van der Waals surface area contributed by atoms with Crippen molar-refractivity contribution in [1.82, 2.24) is 15.5 Å². The van der Waals surface area contributed by atoms with E-state index in [9.17, 15) is 9.59 Å². The highest BCUT2D eigenvalue weighted by atomic mass is 16.2. The van der Waals surface area contributed by atoms with Crippen molar-refractivity contribution in [3.63, 3.8) is 0 Å². The molecule has 2 aromatic carbocycles.